The molecule has 156 valence electrons. The van der Waals surface area contributed by atoms with Gasteiger partial charge in [-0.3, -0.25) is 9.59 Å². The molecule has 2 amide bonds. The van der Waals surface area contributed by atoms with E-state index in [0.717, 1.165) is 5.56 Å². The molecule has 0 aliphatic carbocycles. The predicted molar refractivity (Wildman–Crippen MR) is 114 cm³/mol. The fraction of sp³-hybridized carbons (Fsp3) is 0.333. The number of hydrogen-bond donors (Lipinski definition) is 3. The second-order valence-corrected chi connectivity index (χ2v) is 9.49. The molecule has 0 spiro atoms. The van der Waals surface area contributed by atoms with Crippen molar-refractivity contribution in [3.8, 4) is 0 Å². The van der Waals surface area contributed by atoms with Gasteiger partial charge in [0.15, 0.2) is 0 Å². The second kappa shape index (κ2) is 9.19. The first-order valence-electron chi connectivity index (χ1n) is 9.25. The van der Waals surface area contributed by atoms with Gasteiger partial charge in [-0.25, -0.2) is 13.1 Å². The topological polar surface area (TPSA) is 104 Å². The Labute approximate surface area is 172 Å². The predicted octanol–water partition coefficient (Wildman–Crippen LogP) is 3.29. The van der Waals surface area contributed by atoms with E-state index in [0.29, 0.717) is 17.8 Å². The van der Waals surface area contributed by atoms with Gasteiger partial charge in [-0.05, 0) is 63.1 Å². The summed E-state index contributed by atoms with van der Waals surface area (Å²) in [5.74, 6) is -0.354. The molecule has 0 bridgehead atoms. The Bertz CT molecular complexity index is 978. The summed E-state index contributed by atoms with van der Waals surface area (Å²) in [6.45, 7) is 6.76. The van der Waals surface area contributed by atoms with Crippen molar-refractivity contribution in [2.75, 3.05) is 10.6 Å². The van der Waals surface area contributed by atoms with Gasteiger partial charge >= 0.3 is 0 Å². The van der Waals surface area contributed by atoms with E-state index in [4.69, 9.17) is 0 Å². The molecule has 0 fully saturated rings. The molecule has 2 rings (SSSR count). The van der Waals surface area contributed by atoms with Crippen molar-refractivity contribution < 1.29 is 18.0 Å². The van der Waals surface area contributed by atoms with Crippen LogP contribution >= 0.6 is 0 Å². The van der Waals surface area contributed by atoms with Crippen LogP contribution in [0.3, 0.4) is 0 Å². The summed E-state index contributed by atoms with van der Waals surface area (Å²) in [7, 11) is -3.58. The van der Waals surface area contributed by atoms with Crippen LogP contribution in [-0.4, -0.2) is 25.8 Å². The molecule has 0 heterocycles. The van der Waals surface area contributed by atoms with E-state index in [9.17, 15) is 18.0 Å². The Hall–Kier alpha value is -2.71. The molecule has 0 aliphatic heterocycles. The summed E-state index contributed by atoms with van der Waals surface area (Å²) in [4.78, 5) is 23.5. The number of rotatable bonds is 7. The minimum absolute atomic E-state index is 0.170. The van der Waals surface area contributed by atoms with Crippen LogP contribution in [-0.2, 0) is 26.0 Å². The van der Waals surface area contributed by atoms with Crippen LogP contribution in [0.25, 0.3) is 0 Å². The third-order valence-electron chi connectivity index (χ3n) is 3.78. The average molecular weight is 418 g/mol. The molecule has 0 radical (unpaired) electrons. The molecule has 0 unspecified atom stereocenters. The fourth-order valence-electron chi connectivity index (χ4n) is 2.66. The molecule has 0 saturated heterocycles. The van der Waals surface area contributed by atoms with Crippen molar-refractivity contribution in [1.82, 2.24) is 4.72 Å². The van der Waals surface area contributed by atoms with Gasteiger partial charge in [-0.15, -0.1) is 0 Å². The molecule has 3 N–H and O–H groups in total. The van der Waals surface area contributed by atoms with Gasteiger partial charge in [0.2, 0.25) is 21.8 Å². The molecule has 29 heavy (non-hydrogen) atoms. The molecule has 7 nitrogen and oxygen atoms in total. The molecule has 0 saturated carbocycles. The standard InChI is InChI=1S/C21H27N3O4S/c1-15(25)22-17-6-5-7-18(14-17)23-20(26)13-10-16-8-11-19(12-9-16)29(27,28)24-21(2,3)4/h5-9,11-12,14,24H,10,13H2,1-4H3,(H,22,25)(H,23,26). The van der Waals surface area contributed by atoms with Gasteiger partial charge < -0.3 is 10.6 Å². The maximum absolute atomic E-state index is 12.3. The highest BCUT2D eigenvalue weighted by atomic mass is 32.2. The molecule has 0 aliphatic rings. The molecule has 0 atom stereocenters. The van der Waals surface area contributed by atoms with E-state index in [2.05, 4.69) is 15.4 Å². The first kappa shape index (κ1) is 22.6. The van der Waals surface area contributed by atoms with E-state index < -0.39 is 15.6 Å². The number of carbonyl (C=O) groups excluding carboxylic acids is 2. The van der Waals surface area contributed by atoms with Gasteiger partial charge in [-0.1, -0.05) is 18.2 Å². The first-order chi connectivity index (χ1) is 13.4. The van der Waals surface area contributed by atoms with E-state index in [1.54, 1.807) is 57.2 Å². The Morgan fingerprint density at radius 1 is 0.931 bits per heavy atom. The number of anilines is 2. The molecule has 2 aromatic rings. The van der Waals surface area contributed by atoms with Crippen molar-refractivity contribution in [2.45, 2.75) is 51.0 Å². The van der Waals surface area contributed by atoms with Crippen LogP contribution in [0.2, 0.25) is 0 Å². The van der Waals surface area contributed by atoms with Crippen molar-refractivity contribution in [2.24, 2.45) is 0 Å². The van der Waals surface area contributed by atoms with Gasteiger partial charge in [0, 0.05) is 30.3 Å². The van der Waals surface area contributed by atoms with Gasteiger partial charge in [0.1, 0.15) is 0 Å². The maximum Gasteiger partial charge on any atom is 0.241 e. The molecule has 2 aromatic carbocycles. The zero-order chi connectivity index (χ0) is 21.7. The fourth-order valence-corrected chi connectivity index (χ4v) is 4.08. The van der Waals surface area contributed by atoms with Crippen LogP contribution < -0.4 is 15.4 Å². The third kappa shape index (κ3) is 7.67. The summed E-state index contributed by atoms with van der Waals surface area (Å²) in [5, 5.41) is 5.45. The Kier molecular flexibility index (Phi) is 7.16. The van der Waals surface area contributed by atoms with Crippen LogP contribution in [0.15, 0.2) is 53.4 Å². The van der Waals surface area contributed by atoms with E-state index >= 15 is 0 Å². The monoisotopic (exact) mass is 417 g/mol. The number of carbonyl (C=O) groups is 2. The second-order valence-electron chi connectivity index (χ2n) is 7.81. The molecule has 0 aromatic heterocycles. The van der Waals surface area contributed by atoms with Gasteiger partial charge in [0.05, 0.1) is 4.90 Å². The molecule has 8 heteroatoms. The number of nitrogens with one attached hydrogen (secondary N) is 3. The maximum atomic E-state index is 12.3. The number of sulfonamides is 1. The van der Waals surface area contributed by atoms with Crippen LogP contribution in [0.5, 0.6) is 0 Å². The van der Waals surface area contributed by atoms with Crippen molar-refractivity contribution in [3.63, 3.8) is 0 Å². The summed E-state index contributed by atoms with van der Waals surface area (Å²) in [6, 6.07) is 13.4. The Morgan fingerprint density at radius 3 is 2.07 bits per heavy atom. The Balaban J connectivity index is 1.93. The van der Waals surface area contributed by atoms with Crippen LogP contribution in [0.4, 0.5) is 11.4 Å². The highest BCUT2D eigenvalue weighted by Gasteiger charge is 2.21. The number of hydrogen-bond acceptors (Lipinski definition) is 4. The first-order valence-corrected chi connectivity index (χ1v) is 10.7. The largest absolute Gasteiger partial charge is 0.326 e. The Morgan fingerprint density at radius 2 is 1.52 bits per heavy atom. The summed E-state index contributed by atoms with van der Waals surface area (Å²) < 4.78 is 27.2. The lowest BCUT2D eigenvalue weighted by molar-refractivity contribution is -0.116. The highest BCUT2D eigenvalue weighted by molar-refractivity contribution is 7.89. The molecular weight excluding hydrogens is 390 g/mol. The number of aryl methyl sites for hydroxylation is 1. The van der Waals surface area contributed by atoms with E-state index in [1.807, 2.05) is 0 Å². The zero-order valence-corrected chi connectivity index (χ0v) is 17.9. The minimum Gasteiger partial charge on any atom is -0.326 e. The van der Waals surface area contributed by atoms with Crippen molar-refractivity contribution >= 4 is 33.2 Å². The third-order valence-corrected chi connectivity index (χ3v) is 5.56. The van der Waals surface area contributed by atoms with E-state index in [1.165, 1.54) is 19.1 Å². The van der Waals surface area contributed by atoms with E-state index in [-0.39, 0.29) is 23.1 Å². The van der Waals surface area contributed by atoms with Crippen molar-refractivity contribution in [1.29, 1.82) is 0 Å². The quantitative estimate of drug-likeness (QED) is 0.643. The lowest BCUT2D eigenvalue weighted by atomic mass is 10.1. The smallest absolute Gasteiger partial charge is 0.241 e. The zero-order valence-electron chi connectivity index (χ0n) is 17.1. The van der Waals surface area contributed by atoms with Gasteiger partial charge in [0.25, 0.3) is 0 Å². The lowest BCUT2D eigenvalue weighted by Gasteiger charge is -2.20. The summed E-state index contributed by atoms with van der Waals surface area (Å²) in [6.07, 6.45) is 0.723. The van der Waals surface area contributed by atoms with Gasteiger partial charge in [-0.2, -0.15) is 0 Å². The highest BCUT2D eigenvalue weighted by Crippen LogP contribution is 2.17. The number of amides is 2. The summed E-state index contributed by atoms with van der Waals surface area (Å²) >= 11 is 0. The lowest BCUT2D eigenvalue weighted by Crippen LogP contribution is -2.40. The minimum atomic E-state index is -3.58. The summed E-state index contributed by atoms with van der Waals surface area (Å²) in [5.41, 5.74) is 1.50. The SMILES string of the molecule is CC(=O)Nc1cccc(NC(=O)CCc2ccc(S(=O)(=O)NC(C)(C)C)cc2)c1. The van der Waals surface area contributed by atoms with Crippen LogP contribution in [0.1, 0.15) is 39.7 Å². The number of benzene rings is 2. The normalized spacial score (nSPS) is 11.7. The molecular formula is C21H27N3O4S. The average Bonchev–Trinajstić information content (AvgIpc) is 2.58. The van der Waals surface area contributed by atoms with Crippen molar-refractivity contribution in [3.05, 3.63) is 54.1 Å². The van der Waals surface area contributed by atoms with Crippen LogP contribution in [0, 0.1) is 0 Å².